The molecule has 0 atom stereocenters. The summed E-state index contributed by atoms with van der Waals surface area (Å²) < 4.78 is 12.6. The van der Waals surface area contributed by atoms with Crippen molar-refractivity contribution in [2.45, 2.75) is 13.5 Å². The van der Waals surface area contributed by atoms with Gasteiger partial charge in [-0.25, -0.2) is 4.39 Å². The van der Waals surface area contributed by atoms with Gasteiger partial charge in [0.15, 0.2) is 5.78 Å². The SMILES string of the molecule is CC(=O)c1ccc(F)cc1CN. The first kappa shape index (κ1) is 8.87. The zero-order chi connectivity index (χ0) is 9.14. The van der Waals surface area contributed by atoms with E-state index < -0.39 is 0 Å². The minimum atomic E-state index is -0.361. The van der Waals surface area contributed by atoms with Gasteiger partial charge in [0.1, 0.15) is 5.82 Å². The zero-order valence-electron chi connectivity index (χ0n) is 6.80. The average Bonchev–Trinajstić information content (AvgIpc) is 2.03. The van der Waals surface area contributed by atoms with Gasteiger partial charge in [-0.05, 0) is 30.7 Å². The molecule has 0 radical (unpaired) electrons. The van der Waals surface area contributed by atoms with E-state index in [-0.39, 0.29) is 18.1 Å². The van der Waals surface area contributed by atoms with Crippen LogP contribution >= 0.6 is 0 Å². The highest BCUT2D eigenvalue weighted by atomic mass is 19.1. The first-order chi connectivity index (χ1) is 5.65. The second-order valence-electron chi connectivity index (χ2n) is 2.56. The molecule has 0 amide bonds. The lowest BCUT2D eigenvalue weighted by atomic mass is 10.0. The minimum absolute atomic E-state index is 0.0875. The number of ketones is 1. The fourth-order valence-corrected chi connectivity index (χ4v) is 1.07. The summed E-state index contributed by atoms with van der Waals surface area (Å²) in [7, 11) is 0. The van der Waals surface area contributed by atoms with E-state index in [4.69, 9.17) is 5.73 Å². The van der Waals surface area contributed by atoms with Gasteiger partial charge in [0.05, 0.1) is 0 Å². The standard InChI is InChI=1S/C9H10FNO/c1-6(12)9-3-2-8(10)4-7(9)5-11/h2-4H,5,11H2,1H3. The molecule has 0 fully saturated rings. The van der Waals surface area contributed by atoms with E-state index in [0.717, 1.165) is 0 Å². The number of nitrogens with two attached hydrogens (primary N) is 1. The number of hydrogen-bond acceptors (Lipinski definition) is 2. The van der Waals surface area contributed by atoms with E-state index in [1.807, 2.05) is 0 Å². The maximum Gasteiger partial charge on any atom is 0.160 e. The van der Waals surface area contributed by atoms with E-state index in [0.29, 0.717) is 11.1 Å². The zero-order valence-corrected chi connectivity index (χ0v) is 6.80. The summed E-state index contributed by atoms with van der Waals surface area (Å²) in [5.41, 5.74) is 6.40. The van der Waals surface area contributed by atoms with Crippen molar-refractivity contribution in [2.75, 3.05) is 0 Å². The number of halogens is 1. The molecule has 0 heterocycles. The minimum Gasteiger partial charge on any atom is -0.326 e. The normalized spacial score (nSPS) is 9.92. The lowest BCUT2D eigenvalue weighted by molar-refractivity contribution is 0.101. The van der Waals surface area contributed by atoms with Crippen LogP contribution in [0, 0.1) is 5.82 Å². The number of carbonyl (C=O) groups is 1. The first-order valence-electron chi connectivity index (χ1n) is 3.64. The maximum atomic E-state index is 12.6. The van der Waals surface area contributed by atoms with Gasteiger partial charge < -0.3 is 5.73 Å². The molecule has 0 bridgehead atoms. The van der Waals surface area contributed by atoms with Crippen molar-refractivity contribution in [1.82, 2.24) is 0 Å². The van der Waals surface area contributed by atoms with E-state index >= 15 is 0 Å². The third-order valence-electron chi connectivity index (χ3n) is 1.67. The van der Waals surface area contributed by atoms with Gasteiger partial charge in [0.25, 0.3) is 0 Å². The third-order valence-corrected chi connectivity index (χ3v) is 1.67. The fourth-order valence-electron chi connectivity index (χ4n) is 1.07. The summed E-state index contributed by atoms with van der Waals surface area (Å²) in [6.07, 6.45) is 0. The highest BCUT2D eigenvalue weighted by Gasteiger charge is 2.05. The number of rotatable bonds is 2. The first-order valence-corrected chi connectivity index (χ1v) is 3.64. The molecule has 0 aliphatic carbocycles. The molecule has 1 aromatic rings. The Balaban J connectivity index is 3.20. The predicted octanol–water partition coefficient (Wildman–Crippen LogP) is 1.49. The van der Waals surface area contributed by atoms with Crippen LogP contribution in [0.3, 0.4) is 0 Å². The predicted molar refractivity (Wildman–Crippen MR) is 44.3 cm³/mol. The molecule has 12 heavy (non-hydrogen) atoms. The summed E-state index contributed by atoms with van der Waals surface area (Å²) >= 11 is 0. The quantitative estimate of drug-likeness (QED) is 0.678. The average molecular weight is 167 g/mol. The molecule has 3 heteroatoms. The van der Waals surface area contributed by atoms with Crippen LogP contribution < -0.4 is 5.73 Å². The number of carbonyl (C=O) groups excluding carboxylic acids is 1. The van der Waals surface area contributed by atoms with Gasteiger partial charge in [0, 0.05) is 12.1 Å². The topological polar surface area (TPSA) is 43.1 Å². The Morgan fingerprint density at radius 3 is 2.75 bits per heavy atom. The largest absolute Gasteiger partial charge is 0.326 e. The molecule has 0 saturated heterocycles. The molecule has 64 valence electrons. The molecular weight excluding hydrogens is 157 g/mol. The summed E-state index contributed by atoms with van der Waals surface area (Å²) in [5, 5.41) is 0. The summed E-state index contributed by atoms with van der Waals surface area (Å²) in [4.78, 5) is 11.0. The Kier molecular flexibility index (Phi) is 2.55. The van der Waals surface area contributed by atoms with Crippen molar-refractivity contribution >= 4 is 5.78 Å². The van der Waals surface area contributed by atoms with Crippen molar-refractivity contribution < 1.29 is 9.18 Å². The maximum absolute atomic E-state index is 12.6. The second-order valence-corrected chi connectivity index (χ2v) is 2.56. The highest BCUT2D eigenvalue weighted by molar-refractivity contribution is 5.95. The van der Waals surface area contributed by atoms with Gasteiger partial charge in [-0.2, -0.15) is 0 Å². The molecule has 0 aliphatic rings. The molecule has 0 aromatic heterocycles. The van der Waals surface area contributed by atoms with Crippen molar-refractivity contribution in [2.24, 2.45) is 5.73 Å². The highest BCUT2D eigenvalue weighted by Crippen LogP contribution is 2.11. The molecule has 2 N–H and O–H groups in total. The van der Waals surface area contributed by atoms with E-state index in [9.17, 15) is 9.18 Å². The van der Waals surface area contributed by atoms with Crippen molar-refractivity contribution in [3.05, 3.63) is 35.1 Å². The van der Waals surface area contributed by atoms with Crippen LogP contribution in [-0.4, -0.2) is 5.78 Å². The van der Waals surface area contributed by atoms with Crippen LogP contribution in [0.15, 0.2) is 18.2 Å². The van der Waals surface area contributed by atoms with E-state index in [1.54, 1.807) is 0 Å². The van der Waals surface area contributed by atoms with Gasteiger partial charge in [0.2, 0.25) is 0 Å². The van der Waals surface area contributed by atoms with Gasteiger partial charge in [-0.3, -0.25) is 4.79 Å². The van der Waals surface area contributed by atoms with E-state index in [2.05, 4.69) is 0 Å². The molecule has 0 aliphatic heterocycles. The summed E-state index contributed by atoms with van der Waals surface area (Å²) in [5.74, 6) is -0.448. The van der Waals surface area contributed by atoms with Gasteiger partial charge >= 0.3 is 0 Å². The Morgan fingerprint density at radius 2 is 2.25 bits per heavy atom. The van der Waals surface area contributed by atoms with Crippen molar-refractivity contribution in [1.29, 1.82) is 0 Å². The molecule has 1 rings (SSSR count). The Hall–Kier alpha value is -1.22. The molecule has 0 unspecified atom stereocenters. The van der Waals surface area contributed by atoms with Crippen LogP contribution in [0.1, 0.15) is 22.8 Å². The van der Waals surface area contributed by atoms with E-state index in [1.165, 1.54) is 25.1 Å². The van der Waals surface area contributed by atoms with Crippen molar-refractivity contribution in [3.8, 4) is 0 Å². The molecule has 0 saturated carbocycles. The number of hydrogen-bond donors (Lipinski definition) is 1. The summed E-state index contributed by atoms with van der Waals surface area (Å²) in [6, 6.07) is 4.01. The van der Waals surface area contributed by atoms with Crippen LogP contribution in [-0.2, 0) is 6.54 Å². The van der Waals surface area contributed by atoms with Gasteiger partial charge in [-0.15, -0.1) is 0 Å². The third kappa shape index (κ3) is 1.68. The van der Waals surface area contributed by atoms with Gasteiger partial charge in [-0.1, -0.05) is 0 Å². The van der Waals surface area contributed by atoms with Crippen LogP contribution in [0.5, 0.6) is 0 Å². The Labute approximate surface area is 70.2 Å². The lowest BCUT2D eigenvalue weighted by Gasteiger charge is -2.03. The Bertz CT molecular complexity index is 309. The number of benzene rings is 1. The van der Waals surface area contributed by atoms with Crippen LogP contribution in [0.25, 0.3) is 0 Å². The lowest BCUT2D eigenvalue weighted by Crippen LogP contribution is -2.05. The molecular formula is C9H10FNO. The van der Waals surface area contributed by atoms with Crippen LogP contribution in [0.4, 0.5) is 4.39 Å². The monoisotopic (exact) mass is 167 g/mol. The fraction of sp³-hybridized carbons (Fsp3) is 0.222. The smallest absolute Gasteiger partial charge is 0.160 e. The molecule has 1 aromatic carbocycles. The van der Waals surface area contributed by atoms with Crippen molar-refractivity contribution in [3.63, 3.8) is 0 Å². The molecule has 0 spiro atoms. The van der Waals surface area contributed by atoms with Crippen LogP contribution in [0.2, 0.25) is 0 Å². The second kappa shape index (κ2) is 3.45. The Morgan fingerprint density at radius 1 is 1.58 bits per heavy atom. The summed E-state index contributed by atoms with van der Waals surface area (Å²) in [6.45, 7) is 1.62. The number of Topliss-reactive ketones (excluding diaryl/α,β-unsaturated/α-hetero) is 1. The molecule has 2 nitrogen and oxygen atoms in total.